The molecular formula is C16H9IN4OS. The van der Waals surface area contributed by atoms with Gasteiger partial charge in [0, 0.05) is 21.5 Å². The zero-order valence-corrected chi connectivity index (χ0v) is 14.7. The minimum Gasteiger partial charge on any atom is -0.266 e. The van der Waals surface area contributed by atoms with Crippen LogP contribution in [0.2, 0.25) is 0 Å². The average Bonchev–Trinajstić information content (AvgIpc) is 3.11. The molecule has 0 aliphatic rings. The van der Waals surface area contributed by atoms with Crippen molar-refractivity contribution >= 4 is 45.0 Å². The lowest BCUT2D eigenvalue weighted by Gasteiger charge is -1.92. The van der Waals surface area contributed by atoms with E-state index in [0.717, 1.165) is 14.7 Å². The number of aromatic nitrogens is 4. The summed E-state index contributed by atoms with van der Waals surface area (Å²) < 4.78 is 3.13. The van der Waals surface area contributed by atoms with Crippen molar-refractivity contribution in [1.29, 1.82) is 0 Å². The monoisotopic (exact) mass is 432 g/mol. The summed E-state index contributed by atoms with van der Waals surface area (Å²) in [7, 11) is 0. The molecule has 5 nitrogen and oxygen atoms in total. The van der Waals surface area contributed by atoms with E-state index in [1.54, 1.807) is 12.4 Å². The van der Waals surface area contributed by atoms with Crippen molar-refractivity contribution in [3.8, 4) is 11.4 Å². The smallest absolute Gasteiger partial charge is 0.266 e. The molecule has 3 aromatic heterocycles. The largest absolute Gasteiger partial charge is 0.291 e. The summed E-state index contributed by atoms with van der Waals surface area (Å²) in [6.07, 6.45) is 5.24. The Morgan fingerprint density at radius 1 is 1.17 bits per heavy atom. The molecule has 4 aromatic rings. The third-order valence-electron chi connectivity index (χ3n) is 3.27. The van der Waals surface area contributed by atoms with Crippen molar-refractivity contribution < 1.29 is 0 Å². The molecule has 0 spiro atoms. The van der Waals surface area contributed by atoms with Gasteiger partial charge in [-0.15, -0.1) is 5.10 Å². The number of hydrogen-bond acceptors (Lipinski definition) is 5. The van der Waals surface area contributed by atoms with E-state index in [9.17, 15) is 4.79 Å². The molecule has 0 fully saturated rings. The van der Waals surface area contributed by atoms with E-state index in [1.165, 1.54) is 15.9 Å². The Hall–Kier alpha value is -2.13. The van der Waals surface area contributed by atoms with Gasteiger partial charge < -0.3 is 0 Å². The molecule has 3 heterocycles. The number of fused-ring (bicyclic) bond motifs is 1. The molecular weight excluding hydrogens is 423 g/mol. The molecule has 7 heteroatoms. The first-order valence-electron chi connectivity index (χ1n) is 6.78. The number of pyridine rings is 1. The van der Waals surface area contributed by atoms with Crippen LogP contribution < -0.4 is 10.1 Å². The lowest BCUT2D eigenvalue weighted by atomic mass is 10.2. The minimum absolute atomic E-state index is 0.147. The van der Waals surface area contributed by atoms with Gasteiger partial charge in [0.2, 0.25) is 4.96 Å². The fourth-order valence-corrected chi connectivity index (χ4v) is 3.43. The van der Waals surface area contributed by atoms with Crippen LogP contribution in [-0.2, 0) is 0 Å². The Balaban J connectivity index is 1.82. The van der Waals surface area contributed by atoms with Gasteiger partial charge in [-0.05, 0) is 58.5 Å². The Labute approximate surface area is 148 Å². The maximum atomic E-state index is 12.5. The molecule has 0 bridgehead atoms. The standard InChI is InChI=1S/C16H9IN4OS/c17-12-5-3-10(4-6-12)8-13-15(22)21-16(23-13)19-14(20-21)11-2-1-7-18-9-11/h1-9H. The summed E-state index contributed by atoms with van der Waals surface area (Å²) in [6, 6.07) is 11.7. The first kappa shape index (κ1) is 14.5. The van der Waals surface area contributed by atoms with Gasteiger partial charge in [-0.1, -0.05) is 23.5 Å². The maximum absolute atomic E-state index is 12.5. The van der Waals surface area contributed by atoms with Crippen molar-refractivity contribution in [2.24, 2.45) is 0 Å². The lowest BCUT2D eigenvalue weighted by molar-refractivity contribution is 0.936. The first-order chi connectivity index (χ1) is 11.2. The molecule has 0 amide bonds. The molecule has 0 aliphatic carbocycles. The summed E-state index contributed by atoms with van der Waals surface area (Å²) >= 11 is 3.59. The topological polar surface area (TPSA) is 60.2 Å². The second-order valence-corrected chi connectivity index (χ2v) is 7.09. The summed E-state index contributed by atoms with van der Waals surface area (Å²) in [5, 5.41) is 4.30. The van der Waals surface area contributed by atoms with Gasteiger partial charge in [0.1, 0.15) is 0 Å². The second-order valence-electron chi connectivity index (χ2n) is 4.84. The molecule has 0 saturated carbocycles. The zero-order valence-electron chi connectivity index (χ0n) is 11.7. The molecule has 0 N–H and O–H groups in total. The van der Waals surface area contributed by atoms with Crippen LogP contribution in [0.1, 0.15) is 5.56 Å². The van der Waals surface area contributed by atoms with Crippen LogP contribution in [-0.4, -0.2) is 19.6 Å². The number of rotatable bonds is 2. The molecule has 0 aliphatic heterocycles. The van der Waals surface area contributed by atoms with E-state index in [4.69, 9.17) is 0 Å². The number of hydrogen-bond donors (Lipinski definition) is 0. The van der Waals surface area contributed by atoms with Gasteiger partial charge >= 0.3 is 0 Å². The summed E-state index contributed by atoms with van der Waals surface area (Å²) in [6.45, 7) is 0. The summed E-state index contributed by atoms with van der Waals surface area (Å²) in [5.41, 5.74) is 1.64. The highest BCUT2D eigenvalue weighted by Gasteiger charge is 2.11. The van der Waals surface area contributed by atoms with Crippen LogP contribution >= 0.6 is 33.9 Å². The number of thiazole rings is 1. The van der Waals surface area contributed by atoms with E-state index >= 15 is 0 Å². The van der Waals surface area contributed by atoms with Crippen molar-refractivity contribution in [2.45, 2.75) is 0 Å². The van der Waals surface area contributed by atoms with Crippen molar-refractivity contribution in [2.75, 3.05) is 0 Å². The Morgan fingerprint density at radius 3 is 2.70 bits per heavy atom. The molecule has 0 saturated heterocycles. The first-order valence-corrected chi connectivity index (χ1v) is 8.67. The summed E-state index contributed by atoms with van der Waals surface area (Å²) in [5.74, 6) is 0.516. The van der Waals surface area contributed by atoms with E-state index in [1.807, 2.05) is 42.5 Å². The van der Waals surface area contributed by atoms with E-state index < -0.39 is 0 Å². The van der Waals surface area contributed by atoms with Gasteiger partial charge in [0.05, 0.1) is 4.53 Å². The molecule has 0 unspecified atom stereocenters. The van der Waals surface area contributed by atoms with E-state index in [0.29, 0.717) is 15.3 Å². The fraction of sp³-hybridized carbons (Fsp3) is 0. The third kappa shape index (κ3) is 2.77. The van der Waals surface area contributed by atoms with E-state index in [2.05, 4.69) is 37.7 Å². The lowest BCUT2D eigenvalue weighted by Crippen LogP contribution is -2.23. The Bertz CT molecular complexity index is 1090. The normalized spacial score (nSPS) is 12.1. The zero-order chi connectivity index (χ0) is 15.8. The molecule has 4 rings (SSSR count). The highest BCUT2D eigenvalue weighted by atomic mass is 127. The third-order valence-corrected chi connectivity index (χ3v) is 4.95. The predicted octanol–water partition coefficient (Wildman–Crippen LogP) is 2.37. The Kier molecular flexibility index (Phi) is 3.66. The highest BCUT2D eigenvalue weighted by molar-refractivity contribution is 14.1. The highest BCUT2D eigenvalue weighted by Crippen LogP contribution is 2.14. The maximum Gasteiger partial charge on any atom is 0.291 e. The molecule has 0 atom stereocenters. The van der Waals surface area contributed by atoms with Crippen LogP contribution in [0.15, 0.2) is 53.6 Å². The average molecular weight is 432 g/mol. The quantitative estimate of drug-likeness (QED) is 0.457. The number of benzene rings is 1. The molecule has 23 heavy (non-hydrogen) atoms. The molecule has 0 radical (unpaired) electrons. The van der Waals surface area contributed by atoms with Crippen LogP contribution in [0.5, 0.6) is 0 Å². The number of halogens is 1. The number of nitrogens with zero attached hydrogens (tertiary/aromatic N) is 4. The van der Waals surface area contributed by atoms with E-state index in [-0.39, 0.29) is 5.56 Å². The van der Waals surface area contributed by atoms with Crippen molar-refractivity contribution in [1.82, 2.24) is 19.6 Å². The van der Waals surface area contributed by atoms with Crippen LogP contribution in [0.3, 0.4) is 0 Å². The van der Waals surface area contributed by atoms with Crippen molar-refractivity contribution in [3.63, 3.8) is 0 Å². The van der Waals surface area contributed by atoms with Gasteiger partial charge in [-0.25, -0.2) is 0 Å². The van der Waals surface area contributed by atoms with Gasteiger partial charge in [-0.2, -0.15) is 9.50 Å². The second kappa shape index (κ2) is 5.82. The van der Waals surface area contributed by atoms with Gasteiger partial charge in [0.25, 0.3) is 5.56 Å². The molecule has 112 valence electrons. The van der Waals surface area contributed by atoms with Crippen molar-refractivity contribution in [3.05, 3.63) is 72.8 Å². The van der Waals surface area contributed by atoms with Gasteiger partial charge in [-0.3, -0.25) is 9.78 Å². The summed E-state index contributed by atoms with van der Waals surface area (Å²) in [4.78, 5) is 21.5. The van der Waals surface area contributed by atoms with Crippen LogP contribution in [0, 0.1) is 3.57 Å². The SMILES string of the molecule is O=c1c(=Cc2ccc(I)cc2)sc2nc(-c3cccnc3)nn12. The van der Waals surface area contributed by atoms with Crippen LogP contribution in [0.25, 0.3) is 22.4 Å². The Morgan fingerprint density at radius 2 is 2.00 bits per heavy atom. The molecule has 1 aromatic carbocycles. The fourth-order valence-electron chi connectivity index (χ4n) is 2.16. The van der Waals surface area contributed by atoms with Gasteiger partial charge in [0.15, 0.2) is 5.82 Å². The van der Waals surface area contributed by atoms with Crippen LogP contribution in [0.4, 0.5) is 0 Å². The minimum atomic E-state index is -0.147. The predicted molar refractivity (Wildman–Crippen MR) is 98.3 cm³/mol.